The summed E-state index contributed by atoms with van der Waals surface area (Å²) in [7, 11) is 0. The molecule has 0 atom stereocenters. The Morgan fingerprint density at radius 2 is 1.83 bits per heavy atom. The summed E-state index contributed by atoms with van der Waals surface area (Å²) in [5.74, 6) is 0.393. The first-order chi connectivity index (χ1) is 14.7. The number of hydrogen-bond acceptors (Lipinski definition) is 4. The van der Waals surface area contributed by atoms with E-state index in [2.05, 4.69) is 10.3 Å². The van der Waals surface area contributed by atoms with Crippen LogP contribution in [0.5, 0.6) is 5.75 Å². The maximum atomic E-state index is 12.2. The van der Waals surface area contributed by atoms with Crippen molar-refractivity contribution in [1.29, 1.82) is 5.26 Å². The number of nitrogens with zero attached hydrogens (tertiary/aromatic N) is 3. The molecule has 6 nitrogen and oxygen atoms in total. The first-order valence-electron chi connectivity index (χ1n) is 9.34. The second-order valence-electron chi connectivity index (χ2n) is 6.49. The Kier molecular flexibility index (Phi) is 5.54. The molecule has 0 unspecified atom stereocenters. The van der Waals surface area contributed by atoms with E-state index in [-0.39, 0.29) is 12.5 Å². The van der Waals surface area contributed by atoms with Gasteiger partial charge in [-0.25, -0.2) is 4.98 Å². The van der Waals surface area contributed by atoms with E-state index in [0.29, 0.717) is 11.4 Å². The highest BCUT2D eigenvalue weighted by molar-refractivity contribution is 6.02. The van der Waals surface area contributed by atoms with Crippen molar-refractivity contribution in [2.75, 3.05) is 11.9 Å². The van der Waals surface area contributed by atoms with E-state index in [9.17, 15) is 4.79 Å². The quantitative estimate of drug-likeness (QED) is 0.486. The zero-order valence-corrected chi connectivity index (χ0v) is 16.0. The molecule has 0 spiro atoms. The fourth-order valence-electron chi connectivity index (χ4n) is 3.02. The van der Waals surface area contributed by atoms with E-state index in [1.807, 2.05) is 71.3 Å². The van der Waals surface area contributed by atoms with E-state index in [0.717, 1.165) is 22.3 Å². The number of carbonyl (C=O) groups excluding carboxylic acids is 1. The zero-order valence-electron chi connectivity index (χ0n) is 16.0. The zero-order chi connectivity index (χ0) is 20.8. The monoisotopic (exact) mass is 394 g/mol. The van der Waals surface area contributed by atoms with Gasteiger partial charge in [-0.1, -0.05) is 24.3 Å². The second kappa shape index (κ2) is 8.76. The molecule has 6 heteroatoms. The van der Waals surface area contributed by atoms with E-state index >= 15 is 0 Å². The normalized spacial score (nSPS) is 10.8. The molecule has 4 rings (SSSR count). The number of amides is 1. The van der Waals surface area contributed by atoms with Gasteiger partial charge < -0.3 is 10.1 Å². The molecule has 0 fully saturated rings. The van der Waals surface area contributed by atoms with Crippen LogP contribution in [-0.2, 0) is 4.79 Å². The van der Waals surface area contributed by atoms with Gasteiger partial charge in [0.05, 0.1) is 11.0 Å². The van der Waals surface area contributed by atoms with Crippen LogP contribution in [0, 0.1) is 11.3 Å². The van der Waals surface area contributed by atoms with Crippen LogP contribution in [0.1, 0.15) is 5.56 Å². The number of fused-ring (bicyclic) bond motifs is 1. The van der Waals surface area contributed by atoms with Crippen LogP contribution < -0.4 is 10.1 Å². The Balaban J connectivity index is 1.39. The van der Waals surface area contributed by atoms with Crippen LogP contribution in [0.4, 0.5) is 5.69 Å². The van der Waals surface area contributed by atoms with Crippen LogP contribution in [0.15, 0.2) is 85.2 Å². The van der Waals surface area contributed by atoms with Gasteiger partial charge in [0.25, 0.3) is 0 Å². The van der Waals surface area contributed by atoms with Crippen molar-refractivity contribution in [3.05, 3.63) is 90.8 Å². The molecule has 4 aromatic rings. The topological polar surface area (TPSA) is 79.9 Å². The van der Waals surface area contributed by atoms with Crippen LogP contribution in [0.25, 0.3) is 22.8 Å². The van der Waals surface area contributed by atoms with Gasteiger partial charge in [-0.2, -0.15) is 5.26 Å². The first kappa shape index (κ1) is 19.0. The van der Waals surface area contributed by atoms with Crippen LogP contribution in [0.2, 0.25) is 0 Å². The Hall–Kier alpha value is -4.37. The van der Waals surface area contributed by atoms with E-state index in [1.165, 1.54) is 6.08 Å². The fourth-order valence-corrected chi connectivity index (χ4v) is 3.02. The Morgan fingerprint density at radius 1 is 1.07 bits per heavy atom. The van der Waals surface area contributed by atoms with Crippen molar-refractivity contribution in [3.63, 3.8) is 0 Å². The van der Waals surface area contributed by atoms with Crippen molar-refractivity contribution >= 4 is 28.7 Å². The number of ether oxygens (including phenoxy) is 1. The Bertz CT molecular complexity index is 1230. The molecule has 30 heavy (non-hydrogen) atoms. The lowest BCUT2D eigenvalue weighted by molar-refractivity contribution is -0.111. The molecule has 0 aliphatic rings. The molecular weight excluding hydrogens is 376 g/mol. The highest BCUT2D eigenvalue weighted by atomic mass is 16.5. The van der Waals surface area contributed by atoms with Crippen molar-refractivity contribution in [2.24, 2.45) is 0 Å². The lowest BCUT2D eigenvalue weighted by atomic mass is 10.2. The Labute approximate surface area is 173 Å². The summed E-state index contributed by atoms with van der Waals surface area (Å²) in [6, 6.07) is 24.6. The molecular formula is C24H18N4O2. The summed E-state index contributed by atoms with van der Waals surface area (Å²) >= 11 is 0. The number of rotatable bonds is 6. The van der Waals surface area contributed by atoms with Crippen molar-refractivity contribution in [1.82, 2.24) is 9.55 Å². The number of nitriles is 1. The maximum absolute atomic E-state index is 12.2. The minimum Gasteiger partial charge on any atom is -0.479 e. The fraction of sp³-hybridized carbons (Fsp3) is 0.0417. The van der Waals surface area contributed by atoms with Crippen LogP contribution >= 0.6 is 0 Å². The third kappa shape index (κ3) is 4.37. The summed E-state index contributed by atoms with van der Waals surface area (Å²) in [5.41, 5.74) is 4.50. The third-order valence-electron chi connectivity index (χ3n) is 4.48. The number of aromatic nitrogens is 2. The number of anilines is 1. The molecule has 0 saturated carbocycles. The lowest BCUT2D eigenvalue weighted by Gasteiger charge is -2.07. The third-order valence-corrected chi connectivity index (χ3v) is 4.48. The lowest BCUT2D eigenvalue weighted by Crippen LogP contribution is -2.07. The molecule has 1 heterocycles. The molecule has 146 valence electrons. The SMILES string of the molecule is N#CCOc1ccc(/C=C/C(=O)Nc2ccc(-n3cnc4ccccc43)cc2)cc1. The molecule has 0 aliphatic heterocycles. The number of hydrogen-bond donors (Lipinski definition) is 1. The van der Waals surface area contributed by atoms with E-state index in [4.69, 9.17) is 10.00 Å². The summed E-state index contributed by atoms with van der Waals surface area (Å²) < 4.78 is 7.21. The molecule has 0 radical (unpaired) electrons. The smallest absolute Gasteiger partial charge is 0.248 e. The summed E-state index contributed by atoms with van der Waals surface area (Å²) in [5, 5.41) is 11.4. The molecule has 1 N–H and O–H groups in total. The number of para-hydroxylation sites is 2. The molecule has 0 bridgehead atoms. The summed E-state index contributed by atoms with van der Waals surface area (Å²) in [6.45, 7) is 0.00739. The predicted octanol–water partition coefficient (Wildman–Crippen LogP) is 4.58. The number of nitrogens with one attached hydrogen (secondary N) is 1. The molecule has 0 aliphatic carbocycles. The van der Waals surface area contributed by atoms with Gasteiger partial charge in [-0.15, -0.1) is 0 Å². The average molecular weight is 394 g/mol. The molecule has 0 saturated heterocycles. The summed E-state index contributed by atoms with van der Waals surface area (Å²) in [4.78, 5) is 16.6. The number of imidazole rings is 1. The van der Waals surface area contributed by atoms with Gasteiger partial charge in [0, 0.05) is 17.5 Å². The average Bonchev–Trinajstić information content (AvgIpc) is 3.22. The van der Waals surface area contributed by atoms with Crippen molar-refractivity contribution < 1.29 is 9.53 Å². The van der Waals surface area contributed by atoms with Gasteiger partial charge in [0.2, 0.25) is 5.91 Å². The predicted molar refractivity (Wildman–Crippen MR) is 116 cm³/mol. The van der Waals surface area contributed by atoms with Gasteiger partial charge in [0.1, 0.15) is 18.1 Å². The first-order valence-corrected chi connectivity index (χ1v) is 9.34. The van der Waals surface area contributed by atoms with Gasteiger partial charge in [0.15, 0.2) is 6.61 Å². The van der Waals surface area contributed by atoms with Crippen molar-refractivity contribution in [2.45, 2.75) is 0 Å². The van der Waals surface area contributed by atoms with E-state index in [1.54, 1.807) is 24.5 Å². The molecule has 1 aromatic heterocycles. The number of benzene rings is 3. The van der Waals surface area contributed by atoms with Crippen LogP contribution in [0.3, 0.4) is 0 Å². The van der Waals surface area contributed by atoms with Gasteiger partial charge >= 0.3 is 0 Å². The Morgan fingerprint density at radius 3 is 2.60 bits per heavy atom. The highest BCUT2D eigenvalue weighted by Crippen LogP contribution is 2.19. The molecule has 1 amide bonds. The largest absolute Gasteiger partial charge is 0.479 e. The van der Waals surface area contributed by atoms with Gasteiger partial charge in [-0.05, 0) is 60.2 Å². The highest BCUT2D eigenvalue weighted by Gasteiger charge is 2.04. The van der Waals surface area contributed by atoms with Gasteiger partial charge in [-0.3, -0.25) is 9.36 Å². The van der Waals surface area contributed by atoms with Crippen LogP contribution in [-0.4, -0.2) is 22.1 Å². The minimum atomic E-state index is -0.222. The van der Waals surface area contributed by atoms with E-state index < -0.39 is 0 Å². The second-order valence-corrected chi connectivity index (χ2v) is 6.49. The summed E-state index contributed by atoms with van der Waals surface area (Å²) in [6.07, 6.45) is 4.98. The molecule has 3 aromatic carbocycles. The maximum Gasteiger partial charge on any atom is 0.248 e. The standard InChI is InChI=1S/C24H18N4O2/c25-15-16-30-21-12-5-18(6-13-21)7-14-24(29)27-19-8-10-20(11-9-19)28-17-26-22-3-1-2-4-23(22)28/h1-14,17H,16H2,(H,27,29)/b14-7+. The van der Waals surface area contributed by atoms with Crippen molar-refractivity contribution in [3.8, 4) is 17.5 Å². The number of carbonyl (C=O) groups is 1. The minimum absolute atomic E-state index is 0.00739.